The molecule has 110 valence electrons. The van der Waals surface area contributed by atoms with Gasteiger partial charge >= 0.3 is 0 Å². The molecule has 1 fully saturated rings. The fraction of sp³-hybridized carbons (Fsp3) is 0.467. The second-order valence-corrected chi connectivity index (χ2v) is 7.01. The molecule has 0 amide bonds. The van der Waals surface area contributed by atoms with Gasteiger partial charge in [-0.15, -0.1) is 16.9 Å². The summed E-state index contributed by atoms with van der Waals surface area (Å²) in [5.74, 6) is 1.81. The molecular formula is C15H19N5S. The molecule has 2 aromatic rings. The molecule has 0 radical (unpaired) electrons. The largest absolute Gasteiger partial charge is 0.339 e. The number of aromatic amines is 1. The SMILES string of the molecule is NC1CCN(c2n[nH]c(C3Cc4ccccc4S3)n2)CC1. The molecule has 0 spiro atoms. The Balaban J connectivity index is 1.49. The zero-order chi connectivity index (χ0) is 14.2. The third-order valence-electron chi connectivity index (χ3n) is 4.27. The van der Waals surface area contributed by atoms with Gasteiger partial charge in [-0.1, -0.05) is 18.2 Å². The number of benzene rings is 1. The van der Waals surface area contributed by atoms with E-state index in [-0.39, 0.29) is 0 Å². The minimum Gasteiger partial charge on any atom is -0.339 e. The number of hydrogen-bond acceptors (Lipinski definition) is 5. The summed E-state index contributed by atoms with van der Waals surface area (Å²) in [7, 11) is 0. The topological polar surface area (TPSA) is 70.8 Å². The zero-order valence-electron chi connectivity index (χ0n) is 11.8. The van der Waals surface area contributed by atoms with Crippen molar-refractivity contribution < 1.29 is 0 Å². The normalized spacial score (nSPS) is 22.5. The number of H-pyrrole nitrogens is 1. The molecule has 0 saturated carbocycles. The van der Waals surface area contributed by atoms with E-state index in [9.17, 15) is 0 Å². The van der Waals surface area contributed by atoms with Crippen LogP contribution < -0.4 is 10.6 Å². The number of rotatable bonds is 2. The third-order valence-corrected chi connectivity index (χ3v) is 5.59. The number of anilines is 1. The molecule has 1 aromatic heterocycles. The Bertz CT molecular complexity index is 607. The molecular weight excluding hydrogens is 282 g/mol. The van der Waals surface area contributed by atoms with Crippen LogP contribution in [0.15, 0.2) is 29.2 Å². The van der Waals surface area contributed by atoms with Crippen molar-refractivity contribution in [1.29, 1.82) is 0 Å². The smallest absolute Gasteiger partial charge is 0.244 e. The summed E-state index contributed by atoms with van der Waals surface area (Å²) >= 11 is 1.88. The van der Waals surface area contributed by atoms with Gasteiger partial charge in [-0.25, -0.2) is 0 Å². The van der Waals surface area contributed by atoms with Crippen molar-refractivity contribution in [2.75, 3.05) is 18.0 Å². The van der Waals surface area contributed by atoms with Crippen molar-refractivity contribution >= 4 is 17.7 Å². The highest BCUT2D eigenvalue weighted by molar-refractivity contribution is 7.99. The van der Waals surface area contributed by atoms with Gasteiger partial charge in [0.15, 0.2) is 0 Å². The van der Waals surface area contributed by atoms with E-state index in [0.717, 1.165) is 44.1 Å². The maximum atomic E-state index is 5.95. The average Bonchev–Trinajstić information content (AvgIpc) is 3.14. The second-order valence-electron chi connectivity index (χ2n) is 5.76. The van der Waals surface area contributed by atoms with Crippen LogP contribution in [-0.2, 0) is 6.42 Å². The van der Waals surface area contributed by atoms with Crippen LogP contribution in [0.3, 0.4) is 0 Å². The number of piperidine rings is 1. The van der Waals surface area contributed by atoms with Crippen LogP contribution in [0.1, 0.15) is 29.5 Å². The molecule has 2 aliphatic rings. The van der Waals surface area contributed by atoms with Crippen LogP contribution >= 0.6 is 11.8 Å². The van der Waals surface area contributed by atoms with Crippen LogP contribution in [-0.4, -0.2) is 34.3 Å². The molecule has 1 aromatic carbocycles. The molecule has 5 nitrogen and oxygen atoms in total. The van der Waals surface area contributed by atoms with Crippen LogP contribution in [0.2, 0.25) is 0 Å². The first-order valence-electron chi connectivity index (χ1n) is 7.47. The van der Waals surface area contributed by atoms with Crippen molar-refractivity contribution in [3.8, 4) is 0 Å². The third kappa shape index (κ3) is 2.53. The second kappa shape index (κ2) is 5.35. The van der Waals surface area contributed by atoms with Gasteiger partial charge in [0.2, 0.25) is 5.95 Å². The van der Waals surface area contributed by atoms with Crippen LogP contribution in [0.25, 0.3) is 0 Å². The van der Waals surface area contributed by atoms with Gasteiger partial charge in [0.25, 0.3) is 0 Å². The predicted molar refractivity (Wildman–Crippen MR) is 84.5 cm³/mol. The number of nitrogens with one attached hydrogen (secondary N) is 1. The lowest BCUT2D eigenvalue weighted by molar-refractivity contribution is 0.496. The van der Waals surface area contributed by atoms with Gasteiger partial charge in [-0.3, -0.25) is 5.10 Å². The summed E-state index contributed by atoms with van der Waals surface area (Å²) in [4.78, 5) is 8.32. The number of nitrogens with zero attached hydrogens (tertiary/aromatic N) is 3. The van der Waals surface area contributed by atoms with Gasteiger partial charge in [0.05, 0.1) is 5.25 Å². The van der Waals surface area contributed by atoms with E-state index in [1.165, 1.54) is 10.5 Å². The zero-order valence-corrected chi connectivity index (χ0v) is 12.6. The first-order valence-corrected chi connectivity index (χ1v) is 8.35. The Morgan fingerprint density at radius 3 is 2.86 bits per heavy atom. The van der Waals surface area contributed by atoms with Crippen molar-refractivity contribution in [3.63, 3.8) is 0 Å². The highest BCUT2D eigenvalue weighted by atomic mass is 32.2. The molecule has 4 rings (SSSR count). The van der Waals surface area contributed by atoms with E-state index >= 15 is 0 Å². The average molecular weight is 301 g/mol. The van der Waals surface area contributed by atoms with Gasteiger partial charge < -0.3 is 10.6 Å². The van der Waals surface area contributed by atoms with Crippen LogP contribution in [0.4, 0.5) is 5.95 Å². The molecule has 1 atom stereocenters. The molecule has 6 heteroatoms. The molecule has 21 heavy (non-hydrogen) atoms. The highest BCUT2D eigenvalue weighted by Crippen LogP contribution is 2.45. The molecule has 0 aliphatic carbocycles. The predicted octanol–water partition coefficient (Wildman–Crippen LogP) is 2.12. The van der Waals surface area contributed by atoms with E-state index in [1.807, 2.05) is 11.8 Å². The van der Waals surface area contributed by atoms with Crippen molar-refractivity contribution in [1.82, 2.24) is 15.2 Å². The van der Waals surface area contributed by atoms with E-state index in [0.29, 0.717) is 11.3 Å². The number of fused-ring (bicyclic) bond motifs is 1. The fourth-order valence-electron chi connectivity index (χ4n) is 2.98. The lowest BCUT2D eigenvalue weighted by atomic mass is 10.1. The van der Waals surface area contributed by atoms with Crippen LogP contribution in [0.5, 0.6) is 0 Å². The molecule has 1 saturated heterocycles. The molecule has 2 aliphatic heterocycles. The number of nitrogens with two attached hydrogens (primary N) is 1. The molecule has 3 N–H and O–H groups in total. The minimum atomic E-state index is 0.333. The Kier molecular flexibility index (Phi) is 3.35. The van der Waals surface area contributed by atoms with Crippen molar-refractivity contribution in [2.45, 2.75) is 35.4 Å². The van der Waals surface area contributed by atoms with Crippen molar-refractivity contribution in [3.05, 3.63) is 35.7 Å². The first-order chi connectivity index (χ1) is 10.3. The Morgan fingerprint density at radius 2 is 2.05 bits per heavy atom. The van der Waals surface area contributed by atoms with Gasteiger partial charge in [-0.05, 0) is 30.9 Å². The quantitative estimate of drug-likeness (QED) is 0.889. The first kappa shape index (κ1) is 13.2. The number of hydrogen-bond donors (Lipinski definition) is 2. The lowest BCUT2D eigenvalue weighted by Crippen LogP contribution is -2.40. The summed E-state index contributed by atoms with van der Waals surface area (Å²) < 4.78 is 0. The summed E-state index contributed by atoms with van der Waals surface area (Å²) in [6.45, 7) is 1.91. The Labute approximate surface area is 128 Å². The van der Waals surface area contributed by atoms with E-state index in [4.69, 9.17) is 10.7 Å². The monoisotopic (exact) mass is 301 g/mol. The van der Waals surface area contributed by atoms with Crippen molar-refractivity contribution in [2.24, 2.45) is 5.73 Å². The van der Waals surface area contributed by atoms with Crippen LogP contribution in [0, 0.1) is 0 Å². The maximum Gasteiger partial charge on any atom is 0.244 e. The van der Waals surface area contributed by atoms with E-state index in [2.05, 4.69) is 39.4 Å². The summed E-state index contributed by atoms with van der Waals surface area (Å²) in [5, 5.41) is 7.90. The Morgan fingerprint density at radius 1 is 1.24 bits per heavy atom. The van der Waals surface area contributed by atoms with E-state index < -0.39 is 0 Å². The standard InChI is InChI=1S/C15H19N5S/c16-11-5-7-20(8-6-11)15-17-14(18-19-15)13-9-10-3-1-2-4-12(10)21-13/h1-4,11,13H,5-9,16H2,(H,17,18,19). The minimum absolute atomic E-state index is 0.333. The van der Waals surface area contributed by atoms with Gasteiger partial charge in [0.1, 0.15) is 5.82 Å². The number of thioether (sulfide) groups is 1. The molecule has 3 heterocycles. The number of aromatic nitrogens is 3. The Hall–Kier alpha value is -1.53. The molecule has 0 bridgehead atoms. The summed E-state index contributed by atoms with van der Waals surface area (Å²) in [5.41, 5.74) is 7.36. The fourth-order valence-corrected chi connectivity index (χ4v) is 4.23. The molecule has 1 unspecified atom stereocenters. The maximum absolute atomic E-state index is 5.95. The van der Waals surface area contributed by atoms with Gasteiger partial charge in [-0.2, -0.15) is 4.98 Å². The van der Waals surface area contributed by atoms with E-state index in [1.54, 1.807) is 0 Å². The highest BCUT2D eigenvalue weighted by Gasteiger charge is 2.27. The summed E-state index contributed by atoms with van der Waals surface area (Å²) in [6, 6.07) is 8.91. The lowest BCUT2D eigenvalue weighted by Gasteiger charge is -2.28. The van der Waals surface area contributed by atoms with Gasteiger partial charge in [0, 0.05) is 24.0 Å². The summed E-state index contributed by atoms with van der Waals surface area (Å²) in [6.07, 6.45) is 3.07.